The number of fused-ring (bicyclic) bond motifs is 2. The Morgan fingerprint density at radius 2 is 2.00 bits per heavy atom. The lowest BCUT2D eigenvalue weighted by Gasteiger charge is -2.44. The molecule has 0 aromatic carbocycles. The number of hydrogen-bond acceptors (Lipinski definition) is 7. The number of aromatic nitrogens is 1. The average Bonchev–Trinajstić information content (AvgIpc) is 3.13. The van der Waals surface area contributed by atoms with Gasteiger partial charge in [-0.25, -0.2) is 12.7 Å². The highest BCUT2D eigenvalue weighted by atomic mass is 32.2. The van der Waals surface area contributed by atoms with E-state index in [1.54, 1.807) is 0 Å². The summed E-state index contributed by atoms with van der Waals surface area (Å²) in [4.78, 5) is 39.9. The predicted octanol–water partition coefficient (Wildman–Crippen LogP) is -0.00110. The number of aromatic hydroxyl groups is 1. The van der Waals surface area contributed by atoms with E-state index in [2.05, 4.69) is 0 Å². The Hall–Kier alpha value is -2.24. The Morgan fingerprint density at radius 1 is 1.27 bits per heavy atom. The highest BCUT2D eigenvalue weighted by molar-refractivity contribution is 7.88. The molecule has 1 aromatic heterocycles. The fourth-order valence-corrected chi connectivity index (χ4v) is 5.41. The van der Waals surface area contributed by atoms with Crippen molar-refractivity contribution in [2.75, 3.05) is 26.0 Å². The van der Waals surface area contributed by atoms with Gasteiger partial charge in [0.15, 0.2) is 23.5 Å². The van der Waals surface area contributed by atoms with Crippen LogP contribution in [-0.4, -0.2) is 77.2 Å². The van der Waals surface area contributed by atoms with E-state index in [-0.39, 0.29) is 42.7 Å². The van der Waals surface area contributed by atoms with Crippen molar-refractivity contribution in [3.63, 3.8) is 0 Å². The Labute approximate surface area is 174 Å². The van der Waals surface area contributed by atoms with E-state index in [4.69, 9.17) is 4.74 Å². The fraction of sp³-hybridized carbons (Fsp3) is 0.632. The lowest BCUT2D eigenvalue weighted by Crippen LogP contribution is -2.57. The third-order valence-corrected chi connectivity index (χ3v) is 7.44. The topological polar surface area (TPSA) is 126 Å². The van der Waals surface area contributed by atoms with Crippen LogP contribution >= 0.6 is 0 Å². The van der Waals surface area contributed by atoms with Crippen LogP contribution in [0.15, 0.2) is 11.0 Å². The second-order valence-corrected chi connectivity index (χ2v) is 10.3. The van der Waals surface area contributed by atoms with Gasteiger partial charge in [-0.15, -0.1) is 0 Å². The first-order chi connectivity index (χ1) is 14.1. The zero-order valence-electron chi connectivity index (χ0n) is 16.9. The third-order valence-electron chi connectivity index (χ3n) is 6.17. The number of ketones is 1. The van der Waals surface area contributed by atoms with E-state index < -0.39 is 39.1 Å². The first-order valence-corrected chi connectivity index (χ1v) is 11.8. The van der Waals surface area contributed by atoms with Gasteiger partial charge in [-0.05, 0) is 25.7 Å². The van der Waals surface area contributed by atoms with Crippen molar-refractivity contribution in [3.05, 3.63) is 27.7 Å². The van der Waals surface area contributed by atoms with Crippen molar-refractivity contribution in [2.45, 2.75) is 45.0 Å². The molecule has 11 heteroatoms. The van der Waals surface area contributed by atoms with Crippen LogP contribution in [-0.2, 0) is 21.3 Å². The molecule has 1 aromatic rings. The molecule has 30 heavy (non-hydrogen) atoms. The maximum Gasteiger partial charge on any atom is 0.276 e. The first kappa shape index (κ1) is 21.0. The van der Waals surface area contributed by atoms with Crippen molar-refractivity contribution in [1.82, 2.24) is 13.8 Å². The van der Waals surface area contributed by atoms with E-state index in [9.17, 15) is 27.9 Å². The second kappa shape index (κ2) is 7.47. The zero-order chi connectivity index (χ0) is 21.8. The van der Waals surface area contributed by atoms with Crippen molar-refractivity contribution < 1.29 is 27.9 Å². The number of hydrogen-bond donors (Lipinski definition) is 1. The van der Waals surface area contributed by atoms with Crippen molar-refractivity contribution in [1.29, 1.82) is 0 Å². The van der Waals surface area contributed by atoms with Gasteiger partial charge in [-0.3, -0.25) is 14.4 Å². The summed E-state index contributed by atoms with van der Waals surface area (Å²) in [5.74, 6) is -1.90. The number of rotatable bonds is 4. The molecule has 3 aliphatic heterocycles. The largest absolute Gasteiger partial charge is 0.503 e. The lowest BCUT2D eigenvalue weighted by atomic mass is 9.97. The van der Waals surface area contributed by atoms with E-state index in [0.717, 1.165) is 6.26 Å². The summed E-state index contributed by atoms with van der Waals surface area (Å²) >= 11 is 0. The SMILES string of the molecule is C[C@@H]1CCO[C@H]2Cn3cc(C(=O)C[C@H]4CCN(S(C)(=O)=O)C4)c(=O)c(O)c3C(=O)N12. The zero-order valence-corrected chi connectivity index (χ0v) is 17.7. The van der Waals surface area contributed by atoms with Gasteiger partial charge in [0.1, 0.15) is 0 Å². The normalized spacial score (nSPS) is 27.1. The molecule has 1 N–H and O–H groups in total. The van der Waals surface area contributed by atoms with Gasteiger partial charge in [-0.2, -0.15) is 0 Å². The molecule has 3 aliphatic rings. The van der Waals surface area contributed by atoms with Gasteiger partial charge < -0.3 is 19.3 Å². The molecule has 0 bridgehead atoms. The summed E-state index contributed by atoms with van der Waals surface area (Å²) in [6, 6.07) is -0.0824. The van der Waals surface area contributed by atoms with Crippen LogP contribution in [0.4, 0.5) is 0 Å². The van der Waals surface area contributed by atoms with Crippen LogP contribution < -0.4 is 5.43 Å². The molecule has 0 unspecified atom stereocenters. The van der Waals surface area contributed by atoms with Gasteiger partial charge in [0, 0.05) is 31.7 Å². The smallest absolute Gasteiger partial charge is 0.276 e. The quantitative estimate of drug-likeness (QED) is 0.654. The molecule has 10 nitrogen and oxygen atoms in total. The summed E-state index contributed by atoms with van der Waals surface area (Å²) in [5, 5.41) is 10.5. The second-order valence-electron chi connectivity index (χ2n) is 8.30. The Morgan fingerprint density at radius 3 is 2.67 bits per heavy atom. The molecule has 3 atom stereocenters. The first-order valence-electron chi connectivity index (χ1n) is 9.97. The van der Waals surface area contributed by atoms with E-state index >= 15 is 0 Å². The summed E-state index contributed by atoms with van der Waals surface area (Å²) in [6.07, 6.45) is 3.11. The molecule has 4 heterocycles. The standard InChI is InChI=1S/C19H25N3O7S/c1-11-4-6-29-15-10-20-9-13(17(24)18(25)16(20)19(26)22(11)15)14(23)7-12-3-5-21(8-12)30(2,27)28/h9,11-12,15,25H,3-8,10H2,1-2H3/t11-,12-,15+/m1/s1. The number of Topliss-reactive ketones (excluding diaryl/α,β-unsaturated/α-hetero) is 1. The van der Waals surface area contributed by atoms with Gasteiger partial charge in [-0.1, -0.05) is 0 Å². The van der Waals surface area contributed by atoms with Crippen molar-refractivity contribution in [3.8, 4) is 5.75 Å². The summed E-state index contributed by atoms with van der Waals surface area (Å²) in [6.45, 7) is 3.17. The van der Waals surface area contributed by atoms with Crippen LogP contribution in [0, 0.1) is 5.92 Å². The number of carbonyl (C=O) groups is 2. The number of sulfonamides is 1. The van der Waals surface area contributed by atoms with Gasteiger partial charge in [0.25, 0.3) is 5.91 Å². The molecule has 0 saturated carbocycles. The molecule has 1 amide bonds. The van der Waals surface area contributed by atoms with Gasteiger partial charge >= 0.3 is 0 Å². The van der Waals surface area contributed by atoms with Gasteiger partial charge in [0.05, 0.1) is 25.0 Å². The van der Waals surface area contributed by atoms with Gasteiger partial charge in [0.2, 0.25) is 15.5 Å². The summed E-state index contributed by atoms with van der Waals surface area (Å²) < 4.78 is 31.8. The molecular formula is C19H25N3O7S. The molecule has 164 valence electrons. The minimum atomic E-state index is -3.32. The number of amides is 1. The molecule has 0 spiro atoms. The monoisotopic (exact) mass is 439 g/mol. The molecule has 2 saturated heterocycles. The molecular weight excluding hydrogens is 414 g/mol. The lowest BCUT2D eigenvalue weighted by molar-refractivity contribution is -0.112. The molecule has 4 rings (SSSR count). The number of carbonyl (C=O) groups excluding carboxylic acids is 2. The van der Waals surface area contributed by atoms with Crippen LogP contribution in [0.5, 0.6) is 5.75 Å². The third kappa shape index (κ3) is 3.54. The summed E-state index contributed by atoms with van der Waals surface area (Å²) in [5.41, 5.74) is -1.20. The maximum atomic E-state index is 12.9. The summed E-state index contributed by atoms with van der Waals surface area (Å²) in [7, 11) is -3.32. The van der Waals surface area contributed by atoms with Crippen LogP contribution in [0.1, 0.15) is 47.0 Å². The fourth-order valence-electron chi connectivity index (χ4n) is 4.49. The van der Waals surface area contributed by atoms with Crippen LogP contribution in [0.2, 0.25) is 0 Å². The predicted molar refractivity (Wildman–Crippen MR) is 106 cm³/mol. The van der Waals surface area contributed by atoms with Crippen molar-refractivity contribution >= 4 is 21.7 Å². The van der Waals surface area contributed by atoms with E-state index in [1.807, 2.05) is 6.92 Å². The highest BCUT2D eigenvalue weighted by Crippen LogP contribution is 2.30. The number of ether oxygens (including phenoxy) is 1. The highest BCUT2D eigenvalue weighted by Gasteiger charge is 2.41. The minimum Gasteiger partial charge on any atom is -0.503 e. The molecule has 2 fully saturated rings. The number of nitrogens with zero attached hydrogens (tertiary/aromatic N) is 3. The van der Waals surface area contributed by atoms with Crippen molar-refractivity contribution in [2.24, 2.45) is 5.92 Å². The maximum absolute atomic E-state index is 12.9. The van der Waals surface area contributed by atoms with Crippen LogP contribution in [0.3, 0.4) is 0 Å². The molecule has 0 aliphatic carbocycles. The minimum absolute atomic E-state index is 0.00290. The Bertz CT molecular complexity index is 1060. The van der Waals surface area contributed by atoms with E-state index in [1.165, 1.54) is 20.0 Å². The molecule has 0 radical (unpaired) electrons. The average molecular weight is 439 g/mol. The number of pyridine rings is 1. The Kier molecular flexibility index (Phi) is 5.23. The van der Waals surface area contributed by atoms with Crippen LogP contribution in [0.25, 0.3) is 0 Å². The Balaban J connectivity index is 1.61. The van der Waals surface area contributed by atoms with E-state index in [0.29, 0.717) is 26.0 Å².